The maximum atomic E-state index is 11.6. The molecule has 1 aliphatic rings. The molecular weight excluding hydrogens is 330 g/mol. The number of aryl methyl sites for hydroxylation is 1. The molecule has 5 nitrogen and oxygen atoms in total. The summed E-state index contributed by atoms with van der Waals surface area (Å²) in [7, 11) is 1.65. The Morgan fingerprint density at radius 1 is 1.19 bits per heavy atom. The van der Waals surface area contributed by atoms with E-state index in [2.05, 4.69) is 0 Å². The molecule has 0 unspecified atom stereocenters. The van der Waals surface area contributed by atoms with E-state index in [0.717, 1.165) is 44.8 Å². The van der Waals surface area contributed by atoms with Gasteiger partial charge in [-0.2, -0.15) is 0 Å². The fraction of sp³-hybridized carbons (Fsp3) is 0.238. The van der Waals surface area contributed by atoms with Crippen LogP contribution in [0.1, 0.15) is 18.9 Å². The largest absolute Gasteiger partial charge is 0.496 e. The summed E-state index contributed by atoms with van der Waals surface area (Å²) < 4.78 is 16.5. The van der Waals surface area contributed by atoms with Gasteiger partial charge in [0.2, 0.25) is 6.79 Å². The molecule has 2 aromatic carbocycles. The second kappa shape index (κ2) is 6.67. The van der Waals surface area contributed by atoms with Gasteiger partial charge < -0.3 is 19.0 Å². The molecule has 4 rings (SSSR count). The molecule has 2 heterocycles. The Morgan fingerprint density at radius 2 is 1.96 bits per heavy atom. The minimum absolute atomic E-state index is 0.147. The highest BCUT2D eigenvalue weighted by molar-refractivity contribution is 5.93. The maximum absolute atomic E-state index is 11.6. The van der Waals surface area contributed by atoms with Gasteiger partial charge in [0.05, 0.1) is 12.8 Å². The van der Waals surface area contributed by atoms with Crippen LogP contribution in [-0.4, -0.2) is 24.7 Å². The van der Waals surface area contributed by atoms with Gasteiger partial charge in [-0.1, -0.05) is 12.1 Å². The Kier molecular flexibility index (Phi) is 4.21. The molecule has 0 saturated carbocycles. The molecule has 26 heavy (non-hydrogen) atoms. The smallest absolute Gasteiger partial charge is 0.231 e. The molecule has 0 N–H and O–H groups in total. The maximum Gasteiger partial charge on any atom is 0.231 e. The van der Waals surface area contributed by atoms with E-state index in [1.807, 2.05) is 42.6 Å². The fourth-order valence-electron chi connectivity index (χ4n) is 3.29. The average molecular weight is 349 g/mol. The van der Waals surface area contributed by atoms with Crippen molar-refractivity contribution in [3.8, 4) is 28.5 Å². The number of methoxy groups -OCH3 is 1. The van der Waals surface area contributed by atoms with Gasteiger partial charge in [-0.15, -0.1) is 0 Å². The van der Waals surface area contributed by atoms with Crippen molar-refractivity contribution in [2.75, 3.05) is 13.9 Å². The predicted molar refractivity (Wildman–Crippen MR) is 98.9 cm³/mol. The number of ether oxygens (including phenoxy) is 3. The lowest BCUT2D eigenvalue weighted by Gasteiger charge is -2.15. The van der Waals surface area contributed by atoms with E-state index in [0.29, 0.717) is 12.8 Å². The number of hydrogen-bond acceptors (Lipinski definition) is 5. The molecule has 0 atom stereocenters. The normalized spacial score (nSPS) is 12.4. The molecule has 0 amide bonds. The minimum Gasteiger partial charge on any atom is -0.496 e. The summed E-state index contributed by atoms with van der Waals surface area (Å²) in [6.07, 6.45) is 2.89. The Morgan fingerprint density at radius 3 is 2.73 bits per heavy atom. The second-order valence-electron chi connectivity index (χ2n) is 6.28. The van der Waals surface area contributed by atoms with Crippen LogP contribution < -0.4 is 14.2 Å². The van der Waals surface area contributed by atoms with Crippen molar-refractivity contribution in [2.24, 2.45) is 0 Å². The van der Waals surface area contributed by atoms with Crippen molar-refractivity contribution >= 4 is 16.6 Å². The Bertz CT molecular complexity index is 997. The van der Waals surface area contributed by atoms with E-state index in [9.17, 15) is 4.79 Å². The predicted octanol–water partition coefficient (Wildman–Crippen LogP) is 4.16. The van der Waals surface area contributed by atoms with Gasteiger partial charge >= 0.3 is 0 Å². The number of Topliss-reactive ketones (excluding diaryl/α,β-unsaturated/α-hetero) is 1. The highest BCUT2D eigenvalue weighted by Crippen LogP contribution is 2.40. The standard InChI is InChI=1S/C21H19NO4/c1-13(23)7-8-15-17-10-20-19(25-12-26-20)9-14(17)11-22-21(15)16-5-3-4-6-18(16)24-2/h3-6,9-11H,7-8,12H2,1-2H3. The van der Waals surface area contributed by atoms with Crippen molar-refractivity contribution in [1.82, 2.24) is 4.98 Å². The van der Waals surface area contributed by atoms with Crippen molar-refractivity contribution in [1.29, 1.82) is 0 Å². The molecule has 3 aromatic rings. The third kappa shape index (κ3) is 2.86. The average Bonchev–Trinajstić information content (AvgIpc) is 3.11. The quantitative estimate of drug-likeness (QED) is 0.692. The number of fused-ring (bicyclic) bond motifs is 2. The minimum atomic E-state index is 0.147. The summed E-state index contributed by atoms with van der Waals surface area (Å²) in [6, 6.07) is 11.7. The monoisotopic (exact) mass is 349 g/mol. The Balaban J connectivity index is 1.95. The number of rotatable bonds is 5. The van der Waals surface area contributed by atoms with Crippen LogP contribution in [0.5, 0.6) is 17.2 Å². The highest BCUT2D eigenvalue weighted by atomic mass is 16.7. The number of carbonyl (C=O) groups is 1. The second-order valence-corrected chi connectivity index (χ2v) is 6.28. The summed E-state index contributed by atoms with van der Waals surface area (Å²) in [4.78, 5) is 16.3. The number of carbonyl (C=O) groups excluding carboxylic acids is 1. The van der Waals surface area contributed by atoms with Crippen LogP contribution in [0.2, 0.25) is 0 Å². The zero-order valence-corrected chi connectivity index (χ0v) is 14.7. The number of benzene rings is 2. The van der Waals surface area contributed by atoms with Crippen molar-refractivity contribution in [3.05, 3.63) is 48.2 Å². The molecular formula is C21H19NO4. The van der Waals surface area contributed by atoms with Gasteiger partial charge in [-0.3, -0.25) is 4.98 Å². The first kappa shape index (κ1) is 16.4. The topological polar surface area (TPSA) is 57.7 Å². The number of nitrogens with zero attached hydrogens (tertiary/aromatic N) is 1. The van der Waals surface area contributed by atoms with Crippen LogP contribution in [0.3, 0.4) is 0 Å². The lowest BCUT2D eigenvalue weighted by Crippen LogP contribution is -2.01. The summed E-state index contributed by atoms with van der Waals surface area (Å²) in [5, 5.41) is 1.98. The van der Waals surface area contributed by atoms with E-state index >= 15 is 0 Å². The third-order valence-electron chi connectivity index (χ3n) is 4.58. The van der Waals surface area contributed by atoms with Crippen molar-refractivity contribution < 1.29 is 19.0 Å². The van der Waals surface area contributed by atoms with Gasteiger partial charge in [-0.05, 0) is 48.6 Å². The molecule has 1 aliphatic heterocycles. The van der Waals surface area contributed by atoms with Gasteiger partial charge in [-0.25, -0.2) is 0 Å². The van der Waals surface area contributed by atoms with Crippen LogP contribution in [0.4, 0.5) is 0 Å². The molecule has 0 aliphatic carbocycles. The number of pyridine rings is 1. The zero-order chi connectivity index (χ0) is 18.1. The Hall–Kier alpha value is -3.08. The van der Waals surface area contributed by atoms with E-state index in [1.165, 1.54) is 0 Å². The van der Waals surface area contributed by atoms with E-state index in [1.54, 1.807) is 14.0 Å². The molecule has 5 heteroatoms. The van der Waals surface area contributed by atoms with E-state index in [4.69, 9.17) is 19.2 Å². The molecule has 132 valence electrons. The van der Waals surface area contributed by atoms with E-state index < -0.39 is 0 Å². The molecule has 1 aromatic heterocycles. The van der Waals surface area contributed by atoms with Gasteiger partial charge in [0, 0.05) is 23.6 Å². The number of para-hydroxylation sites is 1. The first-order valence-electron chi connectivity index (χ1n) is 8.51. The first-order valence-corrected chi connectivity index (χ1v) is 8.51. The summed E-state index contributed by atoms with van der Waals surface area (Å²) >= 11 is 0. The van der Waals surface area contributed by atoms with Crippen LogP contribution in [0.25, 0.3) is 22.0 Å². The summed E-state index contributed by atoms with van der Waals surface area (Å²) in [5.74, 6) is 2.35. The molecule has 0 radical (unpaired) electrons. The highest BCUT2D eigenvalue weighted by Gasteiger charge is 2.20. The number of aromatic nitrogens is 1. The van der Waals surface area contributed by atoms with Crippen LogP contribution in [0, 0.1) is 0 Å². The molecule has 0 spiro atoms. The van der Waals surface area contributed by atoms with Crippen molar-refractivity contribution in [2.45, 2.75) is 19.8 Å². The summed E-state index contributed by atoms with van der Waals surface area (Å²) in [6.45, 7) is 1.83. The number of hydrogen-bond donors (Lipinski definition) is 0. The number of ketones is 1. The molecule has 0 fully saturated rings. The van der Waals surface area contributed by atoms with Gasteiger partial charge in [0.15, 0.2) is 11.5 Å². The van der Waals surface area contributed by atoms with Crippen molar-refractivity contribution in [3.63, 3.8) is 0 Å². The van der Waals surface area contributed by atoms with Crippen LogP contribution in [0.15, 0.2) is 42.6 Å². The van der Waals surface area contributed by atoms with E-state index in [-0.39, 0.29) is 12.6 Å². The third-order valence-corrected chi connectivity index (χ3v) is 4.58. The van der Waals surface area contributed by atoms with Gasteiger partial charge in [0.1, 0.15) is 11.5 Å². The lowest BCUT2D eigenvalue weighted by molar-refractivity contribution is -0.116. The van der Waals surface area contributed by atoms with Crippen LogP contribution in [-0.2, 0) is 11.2 Å². The Labute approximate surface area is 151 Å². The molecule has 0 saturated heterocycles. The zero-order valence-electron chi connectivity index (χ0n) is 14.7. The van der Waals surface area contributed by atoms with Gasteiger partial charge in [0.25, 0.3) is 0 Å². The molecule has 0 bridgehead atoms. The first-order chi connectivity index (χ1) is 12.7. The fourth-order valence-corrected chi connectivity index (χ4v) is 3.29. The van der Waals surface area contributed by atoms with Crippen LogP contribution >= 0.6 is 0 Å². The lowest BCUT2D eigenvalue weighted by atomic mass is 9.95. The summed E-state index contributed by atoms with van der Waals surface area (Å²) in [5.41, 5.74) is 2.75. The SMILES string of the molecule is COc1ccccc1-c1ncc2cc3c(cc2c1CCC(C)=O)OCO3.